The maximum Gasteiger partial charge on any atom is 0.240 e. The van der Waals surface area contributed by atoms with Gasteiger partial charge in [0.25, 0.3) is 0 Å². The zero-order valence-electron chi connectivity index (χ0n) is 8.85. The van der Waals surface area contributed by atoms with E-state index in [4.69, 9.17) is 20.4 Å². The molecule has 7 heteroatoms. The predicted octanol–water partition coefficient (Wildman–Crippen LogP) is -2.69. The van der Waals surface area contributed by atoms with E-state index in [0.29, 0.717) is 0 Å². The molecule has 0 radical (unpaired) electrons. The van der Waals surface area contributed by atoms with Gasteiger partial charge in [0.2, 0.25) is 5.91 Å². The Balaban J connectivity index is 0. The van der Waals surface area contributed by atoms with Crippen LogP contribution in [0.1, 0.15) is 6.92 Å². The van der Waals surface area contributed by atoms with Crippen molar-refractivity contribution >= 4 is 12.2 Å². The Morgan fingerprint density at radius 2 is 1.62 bits per heavy atom. The highest BCUT2D eigenvalue weighted by Crippen LogP contribution is 2.02. The first kappa shape index (κ1) is 17.1. The molecule has 6 N–H and O–H groups in total. The maximum atomic E-state index is 9.87. The zero-order valence-corrected chi connectivity index (χ0v) is 8.85. The summed E-state index contributed by atoms with van der Waals surface area (Å²) < 4.78 is 0. The number of amides is 1. The molecule has 0 saturated carbocycles. The first-order valence-electron chi connectivity index (χ1n) is 4.37. The highest BCUT2D eigenvalue weighted by molar-refractivity contribution is 5.84. The quantitative estimate of drug-likeness (QED) is 0.259. The van der Waals surface area contributed by atoms with Crippen molar-refractivity contribution in [3.8, 4) is 0 Å². The molecule has 94 valence electrons. The molecular weight excluding hydrogens is 218 g/mol. The Hall–Kier alpha value is -1.28. The van der Waals surface area contributed by atoms with Crippen LogP contribution < -0.4 is 5.73 Å². The Morgan fingerprint density at radius 3 is 1.81 bits per heavy atom. The molecule has 7 nitrogen and oxygen atoms in total. The molecule has 0 rings (SSSR count). The van der Waals surface area contributed by atoms with E-state index in [0.717, 1.165) is 6.08 Å². The van der Waals surface area contributed by atoms with E-state index in [1.165, 1.54) is 6.92 Å². The SMILES string of the molecule is C=CC(N)=O.C[C@H](O)[C@H](O)[C@@H](O)[C@@H](O)C=O. The normalized spacial score (nSPS) is 17.1. The van der Waals surface area contributed by atoms with Crippen LogP contribution in [0.3, 0.4) is 0 Å². The number of hydrogen-bond donors (Lipinski definition) is 5. The third-order valence-electron chi connectivity index (χ3n) is 1.53. The first-order chi connectivity index (χ1) is 7.27. The topological polar surface area (TPSA) is 141 Å². The fourth-order valence-electron chi connectivity index (χ4n) is 0.568. The molecule has 0 saturated heterocycles. The van der Waals surface area contributed by atoms with Crippen LogP contribution in [0, 0.1) is 0 Å². The predicted molar refractivity (Wildman–Crippen MR) is 55.2 cm³/mol. The van der Waals surface area contributed by atoms with Gasteiger partial charge < -0.3 is 31.0 Å². The number of aliphatic hydroxyl groups excluding tert-OH is 4. The van der Waals surface area contributed by atoms with Crippen LogP contribution in [-0.4, -0.2) is 57.0 Å². The van der Waals surface area contributed by atoms with Crippen LogP contribution in [0.15, 0.2) is 12.7 Å². The Morgan fingerprint density at radius 1 is 1.25 bits per heavy atom. The van der Waals surface area contributed by atoms with Gasteiger partial charge >= 0.3 is 0 Å². The van der Waals surface area contributed by atoms with Gasteiger partial charge in [-0.2, -0.15) is 0 Å². The molecule has 0 aliphatic rings. The molecule has 0 unspecified atom stereocenters. The Labute approximate surface area is 92.8 Å². The van der Waals surface area contributed by atoms with E-state index in [2.05, 4.69) is 12.3 Å². The van der Waals surface area contributed by atoms with Crippen molar-refractivity contribution in [2.75, 3.05) is 0 Å². The smallest absolute Gasteiger partial charge is 0.240 e. The zero-order chi connectivity index (χ0) is 13.3. The van der Waals surface area contributed by atoms with Crippen molar-refractivity contribution < 1.29 is 30.0 Å². The summed E-state index contributed by atoms with van der Waals surface area (Å²) in [5, 5.41) is 35.1. The van der Waals surface area contributed by atoms with Gasteiger partial charge in [0.15, 0.2) is 6.29 Å². The van der Waals surface area contributed by atoms with E-state index in [-0.39, 0.29) is 6.29 Å². The monoisotopic (exact) mass is 235 g/mol. The molecular formula is C9H17NO6. The molecule has 0 aliphatic heterocycles. The summed E-state index contributed by atoms with van der Waals surface area (Å²) in [7, 11) is 0. The van der Waals surface area contributed by atoms with Crippen LogP contribution in [0.2, 0.25) is 0 Å². The van der Waals surface area contributed by atoms with Crippen LogP contribution in [0.5, 0.6) is 0 Å². The van der Waals surface area contributed by atoms with Crippen molar-refractivity contribution in [3.05, 3.63) is 12.7 Å². The third-order valence-corrected chi connectivity index (χ3v) is 1.53. The van der Waals surface area contributed by atoms with Crippen molar-refractivity contribution in [2.45, 2.75) is 31.3 Å². The van der Waals surface area contributed by atoms with Crippen LogP contribution in [-0.2, 0) is 9.59 Å². The van der Waals surface area contributed by atoms with Gasteiger partial charge in [-0.1, -0.05) is 6.58 Å². The fraction of sp³-hybridized carbons (Fsp3) is 0.556. The molecule has 4 atom stereocenters. The third kappa shape index (κ3) is 8.06. The van der Waals surface area contributed by atoms with E-state index >= 15 is 0 Å². The van der Waals surface area contributed by atoms with E-state index in [1.807, 2.05) is 0 Å². The molecule has 0 heterocycles. The van der Waals surface area contributed by atoms with Crippen molar-refractivity contribution in [1.82, 2.24) is 0 Å². The number of primary amides is 1. The van der Waals surface area contributed by atoms with Gasteiger partial charge in [0.1, 0.15) is 18.3 Å². The Bertz CT molecular complexity index is 230. The van der Waals surface area contributed by atoms with E-state index in [1.54, 1.807) is 0 Å². The van der Waals surface area contributed by atoms with Gasteiger partial charge in [-0.3, -0.25) is 4.79 Å². The minimum atomic E-state index is -1.65. The Kier molecular flexibility index (Phi) is 9.61. The summed E-state index contributed by atoms with van der Waals surface area (Å²) in [4.78, 5) is 19.3. The summed E-state index contributed by atoms with van der Waals surface area (Å²) in [6.45, 7) is 4.33. The van der Waals surface area contributed by atoms with Crippen LogP contribution in [0.4, 0.5) is 0 Å². The van der Waals surface area contributed by atoms with Crippen LogP contribution >= 0.6 is 0 Å². The van der Waals surface area contributed by atoms with Crippen molar-refractivity contribution in [2.24, 2.45) is 5.73 Å². The van der Waals surface area contributed by atoms with Gasteiger partial charge in [0.05, 0.1) is 6.10 Å². The second kappa shape index (κ2) is 8.98. The van der Waals surface area contributed by atoms with E-state index in [9.17, 15) is 9.59 Å². The molecule has 0 aromatic rings. The largest absolute Gasteiger partial charge is 0.391 e. The summed E-state index contributed by atoms with van der Waals surface area (Å²) in [6, 6.07) is 0. The number of rotatable bonds is 5. The number of aliphatic hydroxyl groups is 4. The number of carbonyl (C=O) groups excluding carboxylic acids is 2. The summed E-state index contributed by atoms with van der Waals surface area (Å²) in [6.07, 6.45) is -4.82. The second-order valence-corrected chi connectivity index (χ2v) is 2.95. The molecule has 0 bridgehead atoms. The molecule has 0 spiro atoms. The summed E-state index contributed by atoms with van der Waals surface area (Å²) in [5.41, 5.74) is 4.53. The average molecular weight is 235 g/mol. The lowest BCUT2D eigenvalue weighted by Crippen LogP contribution is -2.43. The van der Waals surface area contributed by atoms with Gasteiger partial charge in [0, 0.05) is 0 Å². The minimum absolute atomic E-state index is 0.0935. The van der Waals surface area contributed by atoms with Gasteiger partial charge in [-0.15, -0.1) is 0 Å². The lowest BCUT2D eigenvalue weighted by molar-refractivity contribution is -0.132. The number of hydrogen-bond acceptors (Lipinski definition) is 6. The number of carbonyl (C=O) groups is 2. The fourth-order valence-corrected chi connectivity index (χ4v) is 0.568. The summed E-state index contributed by atoms with van der Waals surface area (Å²) in [5.74, 6) is -0.481. The highest BCUT2D eigenvalue weighted by atomic mass is 16.4. The first-order valence-corrected chi connectivity index (χ1v) is 4.37. The lowest BCUT2D eigenvalue weighted by Gasteiger charge is -2.21. The molecule has 0 aromatic carbocycles. The van der Waals surface area contributed by atoms with Crippen LogP contribution in [0.25, 0.3) is 0 Å². The highest BCUT2D eigenvalue weighted by Gasteiger charge is 2.27. The summed E-state index contributed by atoms with van der Waals surface area (Å²) >= 11 is 0. The number of aldehydes is 1. The molecule has 16 heavy (non-hydrogen) atoms. The van der Waals surface area contributed by atoms with Crippen molar-refractivity contribution in [3.63, 3.8) is 0 Å². The maximum absolute atomic E-state index is 9.87. The molecule has 0 fully saturated rings. The number of nitrogens with two attached hydrogens (primary N) is 1. The van der Waals surface area contributed by atoms with E-state index < -0.39 is 30.3 Å². The lowest BCUT2D eigenvalue weighted by atomic mass is 10.1. The standard InChI is InChI=1S/C6H12O5.C3H5NO/c1-3(8)5(10)6(11)4(9)2-7;1-2-3(4)5/h2-6,8-11H,1H3;2H,1H2,(H2,4,5)/t3-,4-,5-,6-;/m0./s1. The van der Waals surface area contributed by atoms with Gasteiger partial charge in [-0.25, -0.2) is 0 Å². The second-order valence-electron chi connectivity index (χ2n) is 2.95. The average Bonchev–Trinajstić information content (AvgIpc) is 2.26. The van der Waals surface area contributed by atoms with Crippen molar-refractivity contribution in [1.29, 1.82) is 0 Å². The molecule has 1 amide bonds. The van der Waals surface area contributed by atoms with Gasteiger partial charge in [-0.05, 0) is 13.0 Å². The molecule has 0 aromatic heterocycles. The minimum Gasteiger partial charge on any atom is -0.391 e. The molecule has 0 aliphatic carbocycles.